The van der Waals surface area contributed by atoms with Gasteiger partial charge < -0.3 is 0 Å². The second-order valence-electron chi connectivity index (χ2n) is 6.11. The molecule has 3 rings (SSSR count). The van der Waals surface area contributed by atoms with Crippen molar-refractivity contribution in [3.8, 4) is 0 Å². The molecule has 1 aromatic carbocycles. The zero-order chi connectivity index (χ0) is 19.1. The average Bonchev–Trinajstić information content (AvgIpc) is 2.97. The average molecular weight is 455 g/mol. The lowest BCUT2D eigenvalue weighted by Crippen LogP contribution is -2.35. The van der Waals surface area contributed by atoms with Gasteiger partial charge in [-0.3, -0.25) is 10.2 Å². The number of halogens is 1. The minimum atomic E-state index is -3.58. The van der Waals surface area contributed by atoms with E-state index in [0.717, 1.165) is 26.8 Å². The third-order valence-corrected chi connectivity index (χ3v) is 7.40. The number of carbonyl (C=O) groups excluding carboxylic acids is 1. The van der Waals surface area contributed by atoms with E-state index in [-0.39, 0.29) is 32.6 Å². The number of carbonyl (C=O) groups is 1. The van der Waals surface area contributed by atoms with E-state index in [2.05, 4.69) is 26.0 Å². The minimum Gasteiger partial charge on any atom is -0.282 e. The number of amides is 1. The first-order chi connectivity index (χ1) is 12.2. The highest BCUT2D eigenvalue weighted by atomic mass is 79.9. The van der Waals surface area contributed by atoms with Crippen LogP contribution >= 0.6 is 27.7 Å². The molecular weight excluding hydrogens is 440 g/mol. The predicted octanol–water partition coefficient (Wildman–Crippen LogP) is 3.10. The summed E-state index contributed by atoms with van der Waals surface area (Å²) in [7, 11) is -3.58. The fourth-order valence-corrected chi connectivity index (χ4v) is 5.39. The number of fused-ring (bicyclic) bond motifs is 1. The van der Waals surface area contributed by atoms with Gasteiger partial charge in [-0.25, -0.2) is 8.42 Å². The maximum atomic E-state index is 12.4. The summed E-state index contributed by atoms with van der Waals surface area (Å²) < 4.78 is 25.5. The first-order valence-electron chi connectivity index (χ1n) is 7.66. The third kappa shape index (κ3) is 3.81. The van der Waals surface area contributed by atoms with E-state index in [4.69, 9.17) is 5.41 Å². The number of benzene rings is 1. The highest BCUT2D eigenvalue weighted by Gasteiger charge is 2.39. The minimum absolute atomic E-state index is 0.0528. The lowest BCUT2D eigenvalue weighted by Gasteiger charge is -2.20. The van der Waals surface area contributed by atoms with Crippen molar-refractivity contribution in [3.05, 3.63) is 39.9 Å². The Balaban J connectivity index is 1.94. The van der Waals surface area contributed by atoms with Gasteiger partial charge in [0.25, 0.3) is 5.91 Å². The summed E-state index contributed by atoms with van der Waals surface area (Å²) in [5.74, 6) is -0.889. The van der Waals surface area contributed by atoms with Crippen molar-refractivity contribution in [1.29, 1.82) is 5.41 Å². The molecule has 26 heavy (non-hydrogen) atoms. The molecule has 1 amide bonds. The summed E-state index contributed by atoms with van der Waals surface area (Å²) in [6.45, 7) is 3.60. The summed E-state index contributed by atoms with van der Waals surface area (Å²) in [5.41, 5.74) is 0.784. The van der Waals surface area contributed by atoms with E-state index in [9.17, 15) is 13.2 Å². The number of sulfone groups is 1. The predicted molar refractivity (Wildman–Crippen MR) is 108 cm³/mol. The molecule has 136 valence electrons. The second-order valence-corrected chi connectivity index (χ2v) is 10.2. The van der Waals surface area contributed by atoms with E-state index in [1.807, 2.05) is 12.1 Å². The fraction of sp³-hybridized carbons (Fsp3) is 0.250. The van der Waals surface area contributed by atoms with Crippen LogP contribution in [0.1, 0.15) is 19.4 Å². The molecule has 0 aromatic heterocycles. The van der Waals surface area contributed by atoms with Crippen LogP contribution < -0.4 is 0 Å². The van der Waals surface area contributed by atoms with Gasteiger partial charge in [0.2, 0.25) is 19.4 Å². The number of thioether (sulfide) groups is 1. The Morgan fingerprint density at radius 3 is 2.58 bits per heavy atom. The van der Waals surface area contributed by atoms with Crippen LogP contribution in [0, 0.1) is 11.3 Å². The molecular formula is C16H15BrN4O3S2. The zero-order valence-corrected chi connectivity index (χ0v) is 17.2. The quantitative estimate of drug-likeness (QED) is 0.706. The number of hydrogen-bond acceptors (Lipinski definition) is 6. The number of hydrogen-bond donors (Lipinski definition) is 1. The van der Waals surface area contributed by atoms with E-state index >= 15 is 0 Å². The van der Waals surface area contributed by atoms with Crippen molar-refractivity contribution in [2.24, 2.45) is 16.0 Å². The smallest absolute Gasteiger partial charge is 0.282 e. The van der Waals surface area contributed by atoms with Gasteiger partial charge in [0.1, 0.15) is 0 Å². The molecule has 1 aromatic rings. The van der Waals surface area contributed by atoms with Crippen molar-refractivity contribution in [3.63, 3.8) is 0 Å². The molecule has 0 saturated carbocycles. The molecule has 0 saturated heterocycles. The van der Waals surface area contributed by atoms with Gasteiger partial charge >= 0.3 is 0 Å². The molecule has 0 unspecified atom stereocenters. The molecule has 0 aliphatic carbocycles. The number of hydrazone groups is 1. The van der Waals surface area contributed by atoms with Gasteiger partial charge in [-0.15, -0.1) is 5.10 Å². The van der Waals surface area contributed by atoms with Crippen LogP contribution in [0.5, 0.6) is 0 Å². The van der Waals surface area contributed by atoms with Gasteiger partial charge in [0.05, 0.1) is 11.3 Å². The van der Waals surface area contributed by atoms with Crippen molar-refractivity contribution in [2.75, 3.05) is 5.75 Å². The molecule has 0 spiro atoms. The summed E-state index contributed by atoms with van der Waals surface area (Å²) >= 11 is 4.14. The number of nitrogens with one attached hydrogen (secondary N) is 1. The van der Waals surface area contributed by atoms with Crippen molar-refractivity contribution < 1.29 is 13.2 Å². The van der Waals surface area contributed by atoms with Crippen LogP contribution in [0.2, 0.25) is 0 Å². The van der Waals surface area contributed by atoms with Crippen molar-refractivity contribution in [2.45, 2.75) is 13.8 Å². The SMILES string of the molecule is CC(C)CS(=O)(=O)C1=NN2C(=N)/C(=C/c3ccc(Br)cc3)C(=O)N=C2S1. The lowest BCUT2D eigenvalue weighted by molar-refractivity contribution is -0.114. The zero-order valence-electron chi connectivity index (χ0n) is 13.9. The first kappa shape index (κ1) is 19.0. The van der Waals surface area contributed by atoms with Gasteiger partial charge in [-0.05, 0) is 41.5 Å². The Morgan fingerprint density at radius 1 is 1.31 bits per heavy atom. The van der Waals surface area contributed by atoms with Gasteiger partial charge in [-0.2, -0.15) is 10.0 Å². The number of aliphatic imine (C=N–C) groups is 1. The fourth-order valence-electron chi connectivity index (χ4n) is 2.34. The Morgan fingerprint density at radius 2 is 1.96 bits per heavy atom. The number of nitrogens with zero attached hydrogens (tertiary/aromatic N) is 3. The van der Waals surface area contributed by atoms with Crippen LogP contribution in [0.15, 0.2) is 44.4 Å². The number of amidine groups is 2. The van der Waals surface area contributed by atoms with Crippen LogP contribution in [0.25, 0.3) is 6.08 Å². The molecule has 0 radical (unpaired) electrons. The molecule has 7 nitrogen and oxygen atoms in total. The Kier molecular flexibility index (Phi) is 5.18. The molecule has 2 aliphatic rings. The molecule has 2 heterocycles. The van der Waals surface area contributed by atoms with Crippen molar-refractivity contribution >= 4 is 64.9 Å². The van der Waals surface area contributed by atoms with Crippen LogP contribution in [0.4, 0.5) is 0 Å². The molecule has 0 bridgehead atoms. The van der Waals surface area contributed by atoms with Gasteiger partial charge in [0, 0.05) is 4.47 Å². The third-order valence-electron chi connectivity index (χ3n) is 3.44. The maximum Gasteiger partial charge on any atom is 0.283 e. The summed E-state index contributed by atoms with van der Waals surface area (Å²) in [4.78, 5) is 16.2. The molecule has 0 atom stereocenters. The maximum absolute atomic E-state index is 12.4. The highest BCUT2D eigenvalue weighted by molar-refractivity contribution is 9.10. The van der Waals surface area contributed by atoms with Gasteiger partial charge in [0.15, 0.2) is 5.84 Å². The topological polar surface area (TPSA) is 103 Å². The standard InChI is InChI=1S/C16H15BrN4O3S2/c1-9(2)8-26(23,24)16-20-21-13(18)12(14(22)19-15(21)25-16)7-10-3-5-11(17)6-4-10/h3-7,9,18H,8H2,1-2H3/b12-7-,18-13?. The summed E-state index contributed by atoms with van der Waals surface area (Å²) in [6.07, 6.45) is 1.54. The Bertz CT molecular complexity index is 979. The first-order valence-corrected chi connectivity index (χ1v) is 10.9. The van der Waals surface area contributed by atoms with E-state index in [0.29, 0.717) is 0 Å². The second kappa shape index (κ2) is 7.09. The Hall–Kier alpha value is -1.78. The van der Waals surface area contributed by atoms with Crippen LogP contribution in [-0.4, -0.2) is 40.5 Å². The highest BCUT2D eigenvalue weighted by Crippen LogP contribution is 2.31. The molecule has 0 fully saturated rings. The van der Waals surface area contributed by atoms with E-state index in [1.54, 1.807) is 26.0 Å². The van der Waals surface area contributed by atoms with Crippen LogP contribution in [-0.2, 0) is 14.6 Å². The van der Waals surface area contributed by atoms with E-state index in [1.165, 1.54) is 6.08 Å². The largest absolute Gasteiger partial charge is 0.283 e. The Labute approximate surface area is 163 Å². The monoisotopic (exact) mass is 454 g/mol. The van der Waals surface area contributed by atoms with Crippen molar-refractivity contribution in [1.82, 2.24) is 5.01 Å². The van der Waals surface area contributed by atoms with Gasteiger partial charge in [-0.1, -0.05) is 41.9 Å². The normalized spacial score (nSPS) is 19.1. The molecule has 1 N–H and O–H groups in total. The number of rotatable bonds is 3. The van der Waals surface area contributed by atoms with E-state index < -0.39 is 15.7 Å². The summed E-state index contributed by atoms with van der Waals surface area (Å²) in [6, 6.07) is 7.21. The summed E-state index contributed by atoms with van der Waals surface area (Å²) in [5, 5.41) is 13.5. The lowest BCUT2D eigenvalue weighted by atomic mass is 10.1. The van der Waals surface area contributed by atoms with Crippen LogP contribution in [0.3, 0.4) is 0 Å². The molecule has 10 heteroatoms. The molecule has 2 aliphatic heterocycles.